The number of halogens is 1. The van der Waals surface area contributed by atoms with Gasteiger partial charge in [0.15, 0.2) is 5.96 Å². The van der Waals surface area contributed by atoms with Gasteiger partial charge in [0.1, 0.15) is 0 Å². The lowest BCUT2D eigenvalue weighted by molar-refractivity contribution is 0.389. The SMILES string of the molecule is CCNC(=NCc1ccc(S(N)(=O)=O)cc1)NCC(CC)(CC)c1ccccc1.I. The number of benzene rings is 2. The van der Waals surface area contributed by atoms with Crippen molar-refractivity contribution in [1.29, 1.82) is 0 Å². The maximum absolute atomic E-state index is 11.4. The van der Waals surface area contributed by atoms with E-state index in [2.05, 4.69) is 53.7 Å². The van der Waals surface area contributed by atoms with Gasteiger partial charge in [-0.2, -0.15) is 0 Å². The molecule has 0 heterocycles. The van der Waals surface area contributed by atoms with Crippen molar-refractivity contribution in [3.05, 3.63) is 65.7 Å². The van der Waals surface area contributed by atoms with Crippen LogP contribution in [0.1, 0.15) is 44.7 Å². The van der Waals surface area contributed by atoms with Crippen molar-refractivity contribution >= 4 is 40.0 Å². The Hall–Kier alpha value is -1.65. The number of aliphatic imine (C=N–C) groups is 1. The Kier molecular flexibility index (Phi) is 10.8. The van der Waals surface area contributed by atoms with Crippen LogP contribution in [0, 0.1) is 0 Å². The summed E-state index contributed by atoms with van der Waals surface area (Å²) in [5, 5.41) is 11.9. The first-order valence-corrected chi connectivity index (χ1v) is 11.6. The Labute approximate surface area is 197 Å². The Morgan fingerprint density at radius 1 is 0.967 bits per heavy atom. The number of hydrogen-bond acceptors (Lipinski definition) is 3. The van der Waals surface area contributed by atoms with E-state index in [1.807, 2.05) is 13.0 Å². The summed E-state index contributed by atoms with van der Waals surface area (Å²) in [5.41, 5.74) is 2.27. The van der Waals surface area contributed by atoms with Gasteiger partial charge in [0, 0.05) is 18.5 Å². The van der Waals surface area contributed by atoms with Gasteiger partial charge in [-0.25, -0.2) is 18.5 Å². The minimum atomic E-state index is -3.68. The van der Waals surface area contributed by atoms with Crippen molar-refractivity contribution in [2.45, 2.75) is 50.5 Å². The maximum Gasteiger partial charge on any atom is 0.238 e. The van der Waals surface area contributed by atoms with Crippen LogP contribution in [0.15, 0.2) is 64.5 Å². The van der Waals surface area contributed by atoms with E-state index in [-0.39, 0.29) is 34.3 Å². The summed E-state index contributed by atoms with van der Waals surface area (Å²) in [6.07, 6.45) is 2.05. The molecule has 4 N–H and O–H groups in total. The van der Waals surface area contributed by atoms with E-state index < -0.39 is 10.0 Å². The van der Waals surface area contributed by atoms with Gasteiger partial charge in [-0.05, 0) is 43.0 Å². The summed E-state index contributed by atoms with van der Waals surface area (Å²) in [4.78, 5) is 4.76. The number of rotatable bonds is 9. The van der Waals surface area contributed by atoms with Crippen LogP contribution in [-0.2, 0) is 22.0 Å². The molecule has 8 heteroatoms. The molecule has 2 aromatic rings. The monoisotopic (exact) mass is 544 g/mol. The highest BCUT2D eigenvalue weighted by atomic mass is 127. The van der Waals surface area contributed by atoms with E-state index in [0.717, 1.165) is 37.5 Å². The third-order valence-corrected chi connectivity index (χ3v) is 6.28. The van der Waals surface area contributed by atoms with Crippen molar-refractivity contribution in [2.24, 2.45) is 10.1 Å². The lowest BCUT2D eigenvalue weighted by atomic mass is 9.76. The topological polar surface area (TPSA) is 96.6 Å². The molecule has 0 atom stereocenters. The van der Waals surface area contributed by atoms with Crippen LogP contribution in [0.4, 0.5) is 0 Å². The summed E-state index contributed by atoms with van der Waals surface area (Å²) < 4.78 is 22.8. The zero-order valence-corrected chi connectivity index (χ0v) is 21.0. The van der Waals surface area contributed by atoms with Gasteiger partial charge < -0.3 is 10.6 Å². The van der Waals surface area contributed by atoms with Gasteiger partial charge >= 0.3 is 0 Å². The highest BCUT2D eigenvalue weighted by Gasteiger charge is 2.28. The molecule has 0 aromatic heterocycles. The number of hydrogen-bond donors (Lipinski definition) is 3. The number of primary sulfonamides is 1. The molecule has 0 radical (unpaired) electrons. The number of nitrogens with zero attached hydrogens (tertiary/aromatic N) is 1. The van der Waals surface area contributed by atoms with Crippen LogP contribution in [0.3, 0.4) is 0 Å². The molecule has 0 bridgehead atoms. The van der Waals surface area contributed by atoms with Crippen LogP contribution in [-0.4, -0.2) is 27.5 Å². The first-order chi connectivity index (χ1) is 13.8. The Morgan fingerprint density at radius 2 is 1.57 bits per heavy atom. The number of nitrogens with two attached hydrogens (primary N) is 1. The van der Waals surface area contributed by atoms with E-state index in [1.165, 1.54) is 17.7 Å². The van der Waals surface area contributed by atoms with Crippen molar-refractivity contribution in [1.82, 2.24) is 10.6 Å². The molecule has 0 saturated heterocycles. The average molecular weight is 545 g/mol. The molecule has 0 aliphatic rings. The largest absolute Gasteiger partial charge is 0.357 e. The molecule has 0 amide bonds. The lowest BCUT2D eigenvalue weighted by Crippen LogP contribution is -2.45. The quantitative estimate of drug-likeness (QED) is 0.255. The normalized spacial score (nSPS) is 12.2. The maximum atomic E-state index is 11.4. The van der Waals surface area contributed by atoms with Gasteiger partial charge in [0.25, 0.3) is 0 Å². The van der Waals surface area contributed by atoms with Crippen LogP contribution < -0.4 is 15.8 Å². The van der Waals surface area contributed by atoms with Crippen LogP contribution in [0.5, 0.6) is 0 Å². The van der Waals surface area contributed by atoms with Gasteiger partial charge in [0.05, 0.1) is 11.4 Å². The molecule has 0 saturated carbocycles. The van der Waals surface area contributed by atoms with Gasteiger partial charge in [-0.15, -0.1) is 24.0 Å². The summed E-state index contributed by atoms with van der Waals surface area (Å²) in [6, 6.07) is 17.1. The molecule has 2 aromatic carbocycles. The van der Waals surface area contributed by atoms with E-state index in [4.69, 9.17) is 5.14 Å². The third kappa shape index (κ3) is 7.24. The Morgan fingerprint density at radius 3 is 2.07 bits per heavy atom. The molecule has 0 aliphatic carbocycles. The minimum absolute atomic E-state index is 0. The first-order valence-electron chi connectivity index (χ1n) is 10.0. The van der Waals surface area contributed by atoms with Crippen molar-refractivity contribution in [3.63, 3.8) is 0 Å². The fourth-order valence-corrected chi connectivity index (χ4v) is 3.87. The first kappa shape index (κ1) is 26.4. The fourth-order valence-electron chi connectivity index (χ4n) is 3.35. The smallest absolute Gasteiger partial charge is 0.238 e. The molecular formula is C22H33IN4O2S. The standard InChI is InChI=1S/C22H32N4O2S.HI/c1-4-22(5-2,19-10-8-7-9-11-19)17-26-21(24-6-3)25-16-18-12-14-20(15-13-18)29(23,27)28;/h7-15H,4-6,16-17H2,1-3H3,(H2,23,27,28)(H2,24,25,26);1H. The zero-order chi connectivity index (χ0) is 21.3. The molecule has 0 aliphatic heterocycles. The third-order valence-electron chi connectivity index (χ3n) is 5.35. The Bertz CT molecular complexity index is 896. The van der Waals surface area contributed by atoms with Gasteiger partial charge in [-0.3, -0.25) is 0 Å². The summed E-state index contributed by atoms with van der Waals surface area (Å²) in [7, 11) is -3.68. The summed E-state index contributed by atoms with van der Waals surface area (Å²) >= 11 is 0. The number of nitrogens with one attached hydrogen (secondary N) is 2. The Balaban J connectivity index is 0.00000450. The molecule has 0 fully saturated rings. The second kappa shape index (κ2) is 12.3. The van der Waals surface area contributed by atoms with E-state index in [1.54, 1.807) is 12.1 Å². The minimum Gasteiger partial charge on any atom is -0.357 e. The highest BCUT2D eigenvalue weighted by molar-refractivity contribution is 14.0. The average Bonchev–Trinajstić information content (AvgIpc) is 2.73. The molecular weight excluding hydrogens is 511 g/mol. The lowest BCUT2D eigenvalue weighted by Gasteiger charge is -2.33. The van der Waals surface area contributed by atoms with E-state index in [0.29, 0.717) is 6.54 Å². The van der Waals surface area contributed by atoms with Crippen molar-refractivity contribution in [3.8, 4) is 0 Å². The van der Waals surface area contributed by atoms with Crippen LogP contribution in [0.2, 0.25) is 0 Å². The summed E-state index contributed by atoms with van der Waals surface area (Å²) in [5.74, 6) is 0.741. The predicted octanol–water partition coefficient (Wildman–Crippen LogP) is 3.77. The summed E-state index contributed by atoms with van der Waals surface area (Å²) in [6.45, 7) is 8.44. The van der Waals surface area contributed by atoms with E-state index in [9.17, 15) is 8.42 Å². The molecule has 6 nitrogen and oxygen atoms in total. The molecule has 0 spiro atoms. The molecule has 2 rings (SSSR count). The molecule has 166 valence electrons. The zero-order valence-electron chi connectivity index (χ0n) is 17.9. The second-order valence-corrected chi connectivity index (χ2v) is 8.65. The fraction of sp³-hybridized carbons (Fsp3) is 0.409. The van der Waals surface area contributed by atoms with Crippen LogP contribution in [0.25, 0.3) is 0 Å². The van der Waals surface area contributed by atoms with Gasteiger partial charge in [0.2, 0.25) is 10.0 Å². The van der Waals surface area contributed by atoms with Crippen molar-refractivity contribution < 1.29 is 8.42 Å². The van der Waals surface area contributed by atoms with Gasteiger partial charge in [-0.1, -0.05) is 56.3 Å². The van der Waals surface area contributed by atoms with Crippen molar-refractivity contribution in [2.75, 3.05) is 13.1 Å². The predicted molar refractivity (Wildman–Crippen MR) is 135 cm³/mol. The second-order valence-electron chi connectivity index (χ2n) is 7.09. The van der Waals surface area contributed by atoms with E-state index >= 15 is 0 Å². The highest BCUT2D eigenvalue weighted by Crippen LogP contribution is 2.30. The molecule has 30 heavy (non-hydrogen) atoms. The number of guanidine groups is 1. The molecule has 0 unspecified atom stereocenters. The van der Waals surface area contributed by atoms with Crippen LogP contribution >= 0.6 is 24.0 Å². The number of sulfonamides is 1.